The van der Waals surface area contributed by atoms with Crippen molar-refractivity contribution in [3.8, 4) is 11.1 Å². The molecule has 0 fully saturated rings. The van der Waals surface area contributed by atoms with E-state index in [0.29, 0.717) is 12.2 Å². The molecule has 0 amide bonds. The number of cyclic esters (lactones) is 1. The molecule has 1 heterocycles. The van der Waals surface area contributed by atoms with Gasteiger partial charge in [0.05, 0.1) is 12.2 Å². The van der Waals surface area contributed by atoms with Crippen molar-refractivity contribution in [3.05, 3.63) is 71.3 Å². The van der Waals surface area contributed by atoms with Crippen LogP contribution in [0, 0.1) is 0 Å². The van der Waals surface area contributed by atoms with Gasteiger partial charge in [-0.15, -0.1) is 0 Å². The van der Waals surface area contributed by atoms with Crippen LogP contribution in [-0.2, 0) is 18.0 Å². The number of carbonyl (C=O) groups is 1. The maximum Gasteiger partial charge on any atom is 0.338 e. The molecule has 0 unspecified atom stereocenters. The average molecular weight is 290 g/mol. The molecule has 1 aliphatic heterocycles. The molecule has 0 bridgehead atoms. The molecule has 0 saturated carbocycles. The van der Waals surface area contributed by atoms with Crippen molar-refractivity contribution in [1.82, 2.24) is 0 Å². The molecule has 3 aromatic rings. The Bertz CT molecular complexity index is 882. The molecule has 3 aromatic carbocycles. The molecule has 4 rings (SSSR count). The molecule has 0 aromatic heterocycles. The zero-order valence-electron chi connectivity index (χ0n) is 11.9. The molecule has 22 heavy (non-hydrogen) atoms. The number of ether oxygens (including phenoxy) is 1. The summed E-state index contributed by atoms with van der Waals surface area (Å²) < 4.78 is 5.22. The fourth-order valence-corrected chi connectivity index (χ4v) is 3.08. The van der Waals surface area contributed by atoms with Gasteiger partial charge in [0, 0.05) is 5.56 Å². The minimum absolute atomic E-state index is 0.0157. The van der Waals surface area contributed by atoms with Crippen LogP contribution in [0.25, 0.3) is 21.9 Å². The number of aliphatic hydroxyl groups is 1. The summed E-state index contributed by atoms with van der Waals surface area (Å²) in [5, 5.41) is 11.4. The molecule has 0 spiro atoms. The minimum atomic E-state index is -0.275. The van der Waals surface area contributed by atoms with Crippen molar-refractivity contribution in [1.29, 1.82) is 0 Å². The normalized spacial score (nSPS) is 13.2. The number of fused-ring (bicyclic) bond motifs is 2. The highest BCUT2D eigenvalue weighted by molar-refractivity contribution is 6.07. The van der Waals surface area contributed by atoms with Gasteiger partial charge in [0.15, 0.2) is 0 Å². The third kappa shape index (κ3) is 1.90. The second-order valence-electron chi connectivity index (χ2n) is 5.43. The predicted octanol–water partition coefficient (Wildman–Crippen LogP) is 3.67. The van der Waals surface area contributed by atoms with E-state index in [4.69, 9.17) is 4.74 Å². The lowest BCUT2D eigenvalue weighted by Gasteiger charge is -2.12. The van der Waals surface area contributed by atoms with Crippen LogP contribution < -0.4 is 0 Å². The van der Waals surface area contributed by atoms with E-state index < -0.39 is 0 Å². The first-order chi connectivity index (χ1) is 10.8. The predicted molar refractivity (Wildman–Crippen MR) is 84.4 cm³/mol. The van der Waals surface area contributed by atoms with Gasteiger partial charge in [-0.3, -0.25) is 0 Å². The summed E-state index contributed by atoms with van der Waals surface area (Å²) in [4.78, 5) is 12.0. The molecule has 1 aliphatic rings. The quantitative estimate of drug-likeness (QED) is 0.732. The summed E-state index contributed by atoms with van der Waals surface area (Å²) in [7, 11) is 0. The SMILES string of the molecule is O=C1OCc2c1cc1cc(CO)ccc1c2-c1ccccc1. The fourth-order valence-electron chi connectivity index (χ4n) is 3.08. The van der Waals surface area contributed by atoms with E-state index in [0.717, 1.165) is 33.0 Å². The van der Waals surface area contributed by atoms with Gasteiger partial charge in [0.2, 0.25) is 0 Å². The van der Waals surface area contributed by atoms with E-state index in [1.54, 1.807) is 0 Å². The first-order valence-electron chi connectivity index (χ1n) is 7.20. The van der Waals surface area contributed by atoms with Crippen molar-refractivity contribution >= 4 is 16.7 Å². The standard InChI is InChI=1S/C19H14O3/c20-10-12-6-7-15-14(8-12)9-16-17(11-22-19(16)21)18(15)13-4-2-1-3-5-13/h1-9,20H,10-11H2. The van der Waals surface area contributed by atoms with Crippen molar-refractivity contribution in [2.75, 3.05) is 0 Å². The summed E-state index contributed by atoms with van der Waals surface area (Å²) in [5.41, 5.74) is 4.52. The smallest absolute Gasteiger partial charge is 0.338 e. The number of aliphatic hydroxyl groups excluding tert-OH is 1. The van der Waals surface area contributed by atoms with E-state index in [9.17, 15) is 9.90 Å². The third-order valence-corrected chi connectivity index (χ3v) is 4.12. The Kier molecular flexibility index (Phi) is 2.94. The average Bonchev–Trinajstić information content (AvgIpc) is 2.94. The number of hydrogen-bond acceptors (Lipinski definition) is 3. The van der Waals surface area contributed by atoms with Crippen molar-refractivity contribution in [2.24, 2.45) is 0 Å². The number of esters is 1. The fraction of sp³-hybridized carbons (Fsp3) is 0.105. The molecule has 0 aliphatic carbocycles. The van der Waals surface area contributed by atoms with Gasteiger partial charge in [0.1, 0.15) is 6.61 Å². The lowest BCUT2D eigenvalue weighted by molar-refractivity contribution is 0.0535. The summed E-state index contributed by atoms with van der Waals surface area (Å²) in [5.74, 6) is -0.275. The minimum Gasteiger partial charge on any atom is -0.457 e. The first-order valence-corrected chi connectivity index (χ1v) is 7.20. The van der Waals surface area contributed by atoms with Gasteiger partial charge >= 0.3 is 5.97 Å². The Balaban J connectivity index is 2.11. The summed E-state index contributed by atoms with van der Waals surface area (Å²) in [6.45, 7) is 0.300. The highest BCUT2D eigenvalue weighted by Gasteiger charge is 2.26. The van der Waals surface area contributed by atoms with Gasteiger partial charge in [-0.25, -0.2) is 4.79 Å². The Morgan fingerprint density at radius 1 is 1.05 bits per heavy atom. The molecule has 108 valence electrons. The van der Waals surface area contributed by atoms with E-state index in [1.807, 2.05) is 54.6 Å². The van der Waals surface area contributed by atoms with Crippen molar-refractivity contribution in [3.63, 3.8) is 0 Å². The van der Waals surface area contributed by atoms with E-state index >= 15 is 0 Å². The molecular weight excluding hydrogens is 276 g/mol. The lowest BCUT2D eigenvalue weighted by Crippen LogP contribution is -1.96. The number of hydrogen-bond donors (Lipinski definition) is 1. The molecule has 1 N–H and O–H groups in total. The number of rotatable bonds is 2. The van der Waals surface area contributed by atoms with Crippen molar-refractivity contribution in [2.45, 2.75) is 13.2 Å². The third-order valence-electron chi connectivity index (χ3n) is 4.12. The van der Waals surface area contributed by atoms with Crippen LogP contribution in [-0.4, -0.2) is 11.1 Å². The Labute approximate surface area is 127 Å². The van der Waals surface area contributed by atoms with Crippen LogP contribution >= 0.6 is 0 Å². The van der Waals surface area contributed by atoms with E-state index in [2.05, 4.69) is 0 Å². The van der Waals surface area contributed by atoms with E-state index in [1.165, 1.54) is 0 Å². The van der Waals surface area contributed by atoms with Gasteiger partial charge in [-0.1, -0.05) is 42.5 Å². The maximum absolute atomic E-state index is 12.0. The second kappa shape index (κ2) is 4.97. The lowest BCUT2D eigenvalue weighted by atomic mass is 9.90. The van der Waals surface area contributed by atoms with Gasteiger partial charge in [0.25, 0.3) is 0 Å². The number of benzene rings is 3. The summed E-state index contributed by atoms with van der Waals surface area (Å²) in [6, 6.07) is 17.7. The highest BCUT2D eigenvalue weighted by atomic mass is 16.5. The summed E-state index contributed by atoms with van der Waals surface area (Å²) in [6.07, 6.45) is 0. The van der Waals surface area contributed by atoms with Crippen LogP contribution in [0.2, 0.25) is 0 Å². The molecule has 0 saturated heterocycles. The molecule has 0 radical (unpaired) electrons. The van der Waals surface area contributed by atoms with Gasteiger partial charge in [-0.05, 0) is 39.6 Å². The van der Waals surface area contributed by atoms with E-state index in [-0.39, 0.29) is 12.6 Å². The maximum atomic E-state index is 12.0. The van der Waals surface area contributed by atoms with Crippen molar-refractivity contribution < 1.29 is 14.6 Å². The zero-order valence-corrected chi connectivity index (χ0v) is 11.9. The van der Waals surface area contributed by atoms with Crippen LogP contribution in [0.15, 0.2) is 54.6 Å². The van der Waals surface area contributed by atoms with Gasteiger partial charge in [-0.2, -0.15) is 0 Å². The van der Waals surface area contributed by atoms with Crippen LogP contribution in [0.1, 0.15) is 21.5 Å². The molecular formula is C19H14O3. The Morgan fingerprint density at radius 2 is 1.86 bits per heavy atom. The molecule has 3 nitrogen and oxygen atoms in total. The largest absolute Gasteiger partial charge is 0.457 e. The highest BCUT2D eigenvalue weighted by Crippen LogP contribution is 2.38. The number of carbonyl (C=O) groups excluding carboxylic acids is 1. The molecule has 0 atom stereocenters. The van der Waals surface area contributed by atoms with Crippen LogP contribution in [0.4, 0.5) is 0 Å². The van der Waals surface area contributed by atoms with Crippen LogP contribution in [0.3, 0.4) is 0 Å². The topological polar surface area (TPSA) is 46.5 Å². The van der Waals surface area contributed by atoms with Gasteiger partial charge < -0.3 is 9.84 Å². The monoisotopic (exact) mass is 290 g/mol. The Hall–Kier alpha value is -2.65. The Morgan fingerprint density at radius 3 is 2.64 bits per heavy atom. The second-order valence-corrected chi connectivity index (χ2v) is 5.43. The molecule has 3 heteroatoms. The zero-order chi connectivity index (χ0) is 15.1. The summed E-state index contributed by atoms with van der Waals surface area (Å²) >= 11 is 0. The first kappa shape index (κ1) is 13.0. The van der Waals surface area contributed by atoms with Crippen LogP contribution in [0.5, 0.6) is 0 Å².